The van der Waals surface area contributed by atoms with Crippen molar-refractivity contribution in [2.45, 2.75) is 11.8 Å². The second kappa shape index (κ2) is 7.77. The van der Waals surface area contributed by atoms with Crippen LogP contribution in [0.1, 0.15) is 6.92 Å². The number of hydrogen-bond donors (Lipinski definition) is 0. The van der Waals surface area contributed by atoms with Gasteiger partial charge in [0.25, 0.3) is 0 Å². The Morgan fingerprint density at radius 3 is 2.58 bits per heavy atom. The van der Waals surface area contributed by atoms with Gasteiger partial charge in [-0.25, -0.2) is 8.42 Å². The van der Waals surface area contributed by atoms with Crippen molar-refractivity contribution >= 4 is 37.5 Å². The number of likely N-dealkylation sites (N-methyl/N-ethyl adjacent to an activating group) is 1. The van der Waals surface area contributed by atoms with Gasteiger partial charge in [-0.1, -0.05) is 35.0 Å². The third kappa shape index (κ3) is 3.77. The number of hydrogen-bond acceptors (Lipinski definition) is 4. The maximum atomic E-state index is 12.9. The number of benzene rings is 2. The van der Waals surface area contributed by atoms with Crippen molar-refractivity contribution in [2.24, 2.45) is 0 Å². The van der Waals surface area contributed by atoms with Crippen LogP contribution in [-0.2, 0) is 14.8 Å². The number of carbonyl (C=O) groups is 1. The highest BCUT2D eigenvalue weighted by Crippen LogP contribution is 2.31. The molecule has 1 aliphatic rings. The van der Waals surface area contributed by atoms with Gasteiger partial charge in [-0.2, -0.15) is 4.31 Å². The summed E-state index contributed by atoms with van der Waals surface area (Å²) in [6.45, 7) is 2.48. The second-order valence-electron chi connectivity index (χ2n) is 5.75. The van der Waals surface area contributed by atoms with Crippen LogP contribution in [0.2, 0.25) is 0 Å². The fraction of sp³-hybridized carbons (Fsp3) is 0.278. The van der Waals surface area contributed by atoms with Gasteiger partial charge in [-0.05, 0) is 36.4 Å². The van der Waals surface area contributed by atoms with E-state index in [1.807, 2.05) is 12.1 Å². The fourth-order valence-corrected chi connectivity index (χ4v) is 4.45. The van der Waals surface area contributed by atoms with Gasteiger partial charge >= 0.3 is 0 Å². The minimum Gasteiger partial charge on any atom is -0.490 e. The van der Waals surface area contributed by atoms with Crippen LogP contribution in [-0.4, -0.2) is 44.9 Å². The summed E-state index contributed by atoms with van der Waals surface area (Å²) in [6, 6.07) is 13.6. The quantitative estimate of drug-likeness (QED) is 0.719. The molecular formula is C18H19BrN2O4S. The Morgan fingerprint density at radius 1 is 1.19 bits per heavy atom. The van der Waals surface area contributed by atoms with Crippen molar-refractivity contribution in [3.8, 4) is 5.75 Å². The zero-order valence-corrected chi connectivity index (χ0v) is 16.7. The lowest BCUT2D eigenvalue weighted by atomic mass is 10.2. The van der Waals surface area contributed by atoms with Crippen LogP contribution in [0.25, 0.3) is 0 Å². The summed E-state index contributed by atoms with van der Waals surface area (Å²) in [5.41, 5.74) is 0.667. The number of carbonyl (C=O) groups excluding carboxylic acids is 1. The van der Waals surface area contributed by atoms with Crippen LogP contribution in [0.4, 0.5) is 5.69 Å². The molecule has 1 aliphatic heterocycles. The zero-order valence-electron chi connectivity index (χ0n) is 14.3. The molecule has 138 valence electrons. The molecule has 0 fully saturated rings. The van der Waals surface area contributed by atoms with Gasteiger partial charge < -0.3 is 9.64 Å². The largest absolute Gasteiger partial charge is 0.490 e. The number of sulfonamides is 1. The molecule has 26 heavy (non-hydrogen) atoms. The number of para-hydroxylation sites is 2. The van der Waals surface area contributed by atoms with Crippen LogP contribution in [0.5, 0.6) is 5.75 Å². The van der Waals surface area contributed by atoms with Crippen LogP contribution < -0.4 is 9.64 Å². The standard InChI is InChI=1S/C18H19BrN2O4S/c1-2-20(26(23,24)15-9-7-14(19)8-10-15)13-18(22)21-11-12-25-17-6-4-3-5-16(17)21/h3-10H,2,11-13H2,1H3. The van der Waals surface area contributed by atoms with Crippen molar-refractivity contribution in [3.05, 3.63) is 53.0 Å². The van der Waals surface area contributed by atoms with Gasteiger partial charge in [-0.15, -0.1) is 0 Å². The highest BCUT2D eigenvalue weighted by molar-refractivity contribution is 9.10. The number of nitrogens with zero attached hydrogens (tertiary/aromatic N) is 2. The number of halogens is 1. The number of rotatable bonds is 5. The number of fused-ring (bicyclic) bond motifs is 1. The van der Waals surface area contributed by atoms with Crippen molar-refractivity contribution in [1.82, 2.24) is 4.31 Å². The minimum atomic E-state index is -3.75. The van der Waals surface area contributed by atoms with Crippen molar-refractivity contribution in [2.75, 3.05) is 31.1 Å². The van der Waals surface area contributed by atoms with E-state index in [0.29, 0.717) is 24.6 Å². The van der Waals surface area contributed by atoms with Gasteiger partial charge in [-0.3, -0.25) is 4.79 Å². The molecule has 0 saturated heterocycles. The molecule has 2 aromatic carbocycles. The summed E-state index contributed by atoms with van der Waals surface area (Å²) in [5, 5.41) is 0. The van der Waals surface area contributed by atoms with Crippen LogP contribution in [0.15, 0.2) is 57.9 Å². The van der Waals surface area contributed by atoms with Gasteiger partial charge in [0.1, 0.15) is 12.4 Å². The van der Waals surface area contributed by atoms with Crippen LogP contribution in [0, 0.1) is 0 Å². The predicted molar refractivity (Wildman–Crippen MR) is 103 cm³/mol. The van der Waals surface area contributed by atoms with E-state index in [1.54, 1.807) is 36.1 Å². The lowest BCUT2D eigenvalue weighted by molar-refractivity contribution is -0.119. The number of anilines is 1. The molecule has 2 aromatic rings. The highest BCUT2D eigenvalue weighted by atomic mass is 79.9. The molecule has 1 heterocycles. The van der Waals surface area contributed by atoms with Crippen LogP contribution >= 0.6 is 15.9 Å². The number of ether oxygens (including phenoxy) is 1. The van der Waals surface area contributed by atoms with E-state index >= 15 is 0 Å². The molecule has 0 atom stereocenters. The van der Waals surface area contributed by atoms with Crippen molar-refractivity contribution < 1.29 is 17.9 Å². The first-order valence-electron chi connectivity index (χ1n) is 8.21. The minimum absolute atomic E-state index is 0.165. The van der Waals surface area contributed by atoms with Crippen molar-refractivity contribution in [3.63, 3.8) is 0 Å². The fourth-order valence-electron chi connectivity index (χ4n) is 2.79. The predicted octanol–water partition coefficient (Wildman–Crippen LogP) is 2.89. The molecule has 0 aromatic heterocycles. The molecule has 0 aliphatic carbocycles. The summed E-state index contributed by atoms with van der Waals surface area (Å²) in [5.74, 6) is 0.356. The Morgan fingerprint density at radius 2 is 1.88 bits per heavy atom. The Kier molecular flexibility index (Phi) is 5.64. The molecule has 3 rings (SSSR count). The molecular weight excluding hydrogens is 420 g/mol. The average molecular weight is 439 g/mol. The highest BCUT2D eigenvalue weighted by Gasteiger charge is 2.29. The Balaban J connectivity index is 1.82. The van der Waals surface area contributed by atoms with E-state index in [9.17, 15) is 13.2 Å². The smallest absolute Gasteiger partial charge is 0.243 e. The topological polar surface area (TPSA) is 66.9 Å². The summed E-state index contributed by atoms with van der Waals surface area (Å²) >= 11 is 3.29. The normalized spacial score (nSPS) is 14.0. The first-order chi connectivity index (χ1) is 12.4. The van der Waals surface area contributed by atoms with Crippen LogP contribution in [0.3, 0.4) is 0 Å². The third-order valence-electron chi connectivity index (χ3n) is 4.15. The Labute approximate surface area is 161 Å². The maximum absolute atomic E-state index is 12.9. The Hall–Kier alpha value is -1.90. The lowest BCUT2D eigenvalue weighted by Crippen LogP contribution is -2.45. The first-order valence-corrected chi connectivity index (χ1v) is 10.4. The molecule has 0 radical (unpaired) electrons. The number of amides is 1. The zero-order chi connectivity index (χ0) is 18.7. The molecule has 0 saturated carbocycles. The van der Waals surface area contributed by atoms with Gasteiger partial charge in [0.2, 0.25) is 15.9 Å². The van der Waals surface area contributed by atoms with E-state index in [2.05, 4.69) is 15.9 Å². The third-order valence-corrected chi connectivity index (χ3v) is 6.61. The van der Waals surface area contributed by atoms with E-state index in [0.717, 1.165) is 4.47 Å². The summed E-state index contributed by atoms with van der Waals surface area (Å²) in [7, 11) is -3.75. The van der Waals surface area contributed by atoms with Gasteiger partial charge in [0.15, 0.2) is 0 Å². The molecule has 1 amide bonds. The Bertz CT molecular complexity index is 900. The maximum Gasteiger partial charge on any atom is 0.243 e. The molecule has 6 nitrogen and oxygen atoms in total. The van der Waals surface area contributed by atoms with Crippen molar-refractivity contribution in [1.29, 1.82) is 0 Å². The molecule has 0 unspecified atom stereocenters. The monoisotopic (exact) mass is 438 g/mol. The molecule has 8 heteroatoms. The summed E-state index contributed by atoms with van der Waals surface area (Å²) < 4.78 is 33.2. The van der Waals surface area contributed by atoms with E-state index < -0.39 is 10.0 Å². The van der Waals surface area contributed by atoms with E-state index in [-0.39, 0.29) is 23.9 Å². The molecule has 0 bridgehead atoms. The second-order valence-corrected chi connectivity index (χ2v) is 8.60. The first kappa shape index (κ1) is 18.9. The van der Waals surface area contributed by atoms with E-state index in [1.165, 1.54) is 16.4 Å². The molecule has 0 spiro atoms. The average Bonchev–Trinajstić information content (AvgIpc) is 2.65. The molecule has 0 N–H and O–H groups in total. The van der Waals surface area contributed by atoms with Gasteiger partial charge in [0.05, 0.1) is 23.7 Å². The van der Waals surface area contributed by atoms with Gasteiger partial charge in [0, 0.05) is 11.0 Å². The lowest BCUT2D eigenvalue weighted by Gasteiger charge is -2.31. The summed E-state index contributed by atoms with van der Waals surface area (Å²) in [4.78, 5) is 14.6. The SMILES string of the molecule is CCN(CC(=O)N1CCOc2ccccc21)S(=O)(=O)c1ccc(Br)cc1. The van der Waals surface area contributed by atoms with E-state index in [4.69, 9.17) is 4.74 Å². The summed E-state index contributed by atoms with van der Waals surface area (Å²) in [6.07, 6.45) is 0.